The summed E-state index contributed by atoms with van der Waals surface area (Å²) in [6.45, 7) is 6.40. The van der Waals surface area contributed by atoms with E-state index in [2.05, 4.69) is 4.98 Å². The smallest absolute Gasteiger partial charge is 0.410 e. The van der Waals surface area contributed by atoms with Crippen molar-refractivity contribution in [3.8, 4) is 11.3 Å². The number of rotatable bonds is 2. The van der Waals surface area contributed by atoms with E-state index in [1.54, 1.807) is 28.6 Å². The topological polar surface area (TPSA) is 55.3 Å². The minimum atomic E-state index is -0.477. The van der Waals surface area contributed by atoms with Crippen LogP contribution in [0.5, 0.6) is 0 Å². The van der Waals surface area contributed by atoms with Gasteiger partial charge >= 0.3 is 6.09 Å². The van der Waals surface area contributed by atoms with Gasteiger partial charge in [0.05, 0.1) is 11.7 Å². The second-order valence-electron chi connectivity index (χ2n) is 6.64. The zero-order valence-corrected chi connectivity index (χ0v) is 14.5. The molecule has 1 unspecified atom stereocenters. The van der Waals surface area contributed by atoms with Gasteiger partial charge in [-0.2, -0.15) is 0 Å². The number of carbonyl (C=O) groups excluding carboxylic acids is 1. The summed E-state index contributed by atoms with van der Waals surface area (Å²) in [7, 11) is 0. The second kappa shape index (κ2) is 6.28. The van der Waals surface area contributed by atoms with E-state index in [1.807, 2.05) is 38.3 Å². The average Bonchev–Trinajstić information content (AvgIpc) is 3.15. The number of ether oxygens (including phenoxy) is 1. The van der Waals surface area contributed by atoms with Crippen molar-refractivity contribution in [1.29, 1.82) is 0 Å². The van der Waals surface area contributed by atoms with Crippen LogP contribution in [0.4, 0.5) is 4.79 Å². The Morgan fingerprint density at radius 3 is 2.78 bits per heavy atom. The average molecular weight is 331 g/mol. The molecular weight excluding hydrogens is 310 g/mol. The Kier molecular flexibility index (Phi) is 4.35. The molecule has 122 valence electrons. The molecule has 2 aromatic rings. The monoisotopic (exact) mass is 331 g/mol. The molecular formula is C17H21N3O2S. The first-order valence-electron chi connectivity index (χ1n) is 7.79. The molecule has 5 nitrogen and oxygen atoms in total. The zero-order valence-electron chi connectivity index (χ0n) is 13.7. The molecule has 0 saturated carbocycles. The van der Waals surface area contributed by atoms with Crippen LogP contribution in [0.3, 0.4) is 0 Å². The van der Waals surface area contributed by atoms with Crippen molar-refractivity contribution < 1.29 is 9.53 Å². The molecule has 1 amide bonds. The highest BCUT2D eigenvalue weighted by Crippen LogP contribution is 2.36. The van der Waals surface area contributed by atoms with E-state index < -0.39 is 5.60 Å². The molecule has 1 atom stereocenters. The number of hydrogen-bond acceptors (Lipinski definition) is 5. The fourth-order valence-electron chi connectivity index (χ4n) is 2.66. The van der Waals surface area contributed by atoms with Crippen LogP contribution in [0.15, 0.2) is 29.9 Å². The van der Waals surface area contributed by atoms with Gasteiger partial charge in [-0.3, -0.25) is 9.88 Å². The second-order valence-corrected chi connectivity index (χ2v) is 7.53. The Morgan fingerprint density at radius 2 is 2.09 bits per heavy atom. The van der Waals surface area contributed by atoms with Crippen molar-refractivity contribution in [2.75, 3.05) is 6.54 Å². The van der Waals surface area contributed by atoms with E-state index in [0.29, 0.717) is 0 Å². The molecule has 1 aliphatic rings. The van der Waals surface area contributed by atoms with Crippen LogP contribution in [0.25, 0.3) is 11.3 Å². The molecule has 6 heteroatoms. The van der Waals surface area contributed by atoms with Crippen molar-refractivity contribution in [2.24, 2.45) is 0 Å². The molecule has 0 aromatic carbocycles. The van der Waals surface area contributed by atoms with Gasteiger partial charge < -0.3 is 4.74 Å². The van der Waals surface area contributed by atoms with E-state index in [0.717, 1.165) is 35.7 Å². The molecule has 1 aliphatic heterocycles. The third-order valence-corrected chi connectivity index (χ3v) is 4.61. The number of nitrogens with zero attached hydrogens (tertiary/aromatic N) is 3. The lowest BCUT2D eigenvalue weighted by molar-refractivity contribution is 0.0224. The lowest BCUT2D eigenvalue weighted by atomic mass is 10.2. The largest absolute Gasteiger partial charge is 0.444 e. The van der Waals surface area contributed by atoms with Gasteiger partial charge in [-0.05, 0) is 45.7 Å². The summed E-state index contributed by atoms with van der Waals surface area (Å²) in [4.78, 5) is 23.0. The first-order valence-corrected chi connectivity index (χ1v) is 8.67. The van der Waals surface area contributed by atoms with Gasteiger partial charge in [-0.25, -0.2) is 9.78 Å². The number of likely N-dealkylation sites (tertiary alicyclic amines) is 1. The maximum atomic E-state index is 12.4. The number of thiazole rings is 1. The zero-order chi connectivity index (χ0) is 16.4. The number of hydrogen-bond donors (Lipinski definition) is 0. The Morgan fingerprint density at radius 1 is 1.35 bits per heavy atom. The molecule has 0 aliphatic carbocycles. The van der Waals surface area contributed by atoms with Crippen LogP contribution >= 0.6 is 11.3 Å². The van der Waals surface area contributed by atoms with Crippen LogP contribution in [-0.2, 0) is 4.74 Å². The van der Waals surface area contributed by atoms with Crippen LogP contribution in [0, 0.1) is 0 Å². The van der Waals surface area contributed by atoms with Crippen molar-refractivity contribution in [2.45, 2.75) is 45.3 Å². The highest BCUT2D eigenvalue weighted by molar-refractivity contribution is 7.10. The van der Waals surface area contributed by atoms with Gasteiger partial charge in [0.25, 0.3) is 0 Å². The Labute approximate surface area is 140 Å². The summed E-state index contributed by atoms with van der Waals surface area (Å²) in [5, 5.41) is 3.01. The van der Waals surface area contributed by atoms with E-state index in [1.165, 1.54) is 0 Å². The SMILES string of the molecule is CC(C)(C)OC(=O)N1CCCC1c1nc(-c2ccncc2)cs1. The van der Waals surface area contributed by atoms with E-state index in [-0.39, 0.29) is 12.1 Å². The number of amides is 1. The van der Waals surface area contributed by atoms with Gasteiger partial charge in [-0.15, -0.1) is 11.3 Å². The van der Waals surface area contributed by atoms with Crippen molar-refractivity contribution in [3.63, 3.8) is 0 Å². The van der Waals surface area contributed by atoms with Crippen LogP contribution in [-0.4, -0.2) is 33.1 Å². The normalized spacial score (nSPS) is 18.2. The summed E-state index contributed by atoms with van der Waals surface area (Å²) in [6.07, 6.45) is 5.19. The molecule has 1 saturated heterocycles. The molecule has 3 heterocycles. The summed E-state index contributed by atoms with van der Waals surface area (Å²) in [5.74, 6) is 0. The predicted octanol–water partition coefficient (Wildman–Crippen LogP) is 4.28. The molecule has 2 aromatic heterocycles. The van der Waals surface area contributed by atoms with Gasteiger partial charge in [0, 0.05) is 29.9 Å². The first-order chi connectivity index (χ1) is 10.9. The Balaban J connectivity index is 1.78. The lowest BCUT2D eigenvalue weighted by Gasteiger charge is -2.27. The summed E-state index contributed by atoms with van der Waals surface area (Å²) in [5.41, 5.74) is 1.50. The maximum absolute atomic E-state index is 12.4. The molecule has 3 rings (SSSR count). The molecule has 0 spiro atoms. The van der Waals surface area contributed by atoms with Gasteiger partial charge in [0.1, 0.15) is 10.6 Å². The van der Waals surface area contributed by atoms with Crippen molar-refractivity contribution >= 4 is 17.4 Å². The van der Waals surface area contributed by atoms with Crippen LogP contribution in [0.1, 0.15) is 44.7 Å². The van der Waals surface area contributed by atoms with Gasteiger partial charge in [0.2, 0.25) is 0 Å². The van der Waals surface area contributed by atoms with Gasteiger partial charge in [0.15, 0.2) is 0 Å². The summed E-state index contributed by atoms with van der Waals surface area (Å²) < 4.78 is 5.52. The first kappa shape index (κ1) is 15.9. The summed E-state index contributed by atoms with van der Waals surface area (Å²) in [6, 6.07) is 3.91. The Hall–Kier alpha value is -1.95. The maximum Gasteiger partial charge on any atom is 0.410 e. The van der Waals surface area contributed by atoms with Crippen LogP contribution in [0.2, 0.25) is 0 Å². The summed E-state index contributed by atoms with van der Waals surface area (Å²) >= 11 is 1.60. The van der Waals surface area contributed by atoms with Crippen molar-refractivity contribution in [3.05, 3.63) is 34.9 Å². The van der Waals surface area contributed by atoms with Crippen LogP contribution < -0.4 is 0 Å². The standard InChI is InChI=1S/C17H21N3O2S/c1-17(2,3)22-16(21)20-10-4-5-14(20)15-19-13(11-23-15)12-6-8-18-9-7-12/h6-9,11,14H,4-5,10H2,1-3H3. The van der Waals surface area contributed by atoms with E-state index in [9.17, 15) is 4.79 Å². The third kappa shape index (κ3) is 3.69. The highest BCUT2D eigenvalue weighted by Gasteiger charge is 2.34. The minimum Gasteiger partial charge on any atom is -0.444 e. The van der Waals surface area contributed by atoms with Gasteiger partial charge in [-0.1, -0.05) is 0 Å². The molecule has 23 heavy (non-hydrogen) atoms. The number of aromatic nitrogens is 2. The lowest BCUT2D eigenvalue weighted by Crippen LogP contribution is -2.36. The molecule has 0 radical (unpaired) electrons. The third-order valence-electron chi connectivity index (χ3n) is 3.66. The Bertz CT molecular complexity index is 679. The fourth-order valence-corrected chi connectivity index (χ4v) is 3.63. The fraction of sp³-hybridized carbons (Fsp3) is 0.471. The molecule has 0 N–H and O–H groups in total. The molecule has 1 fully saturated rings. The minimum absolute atomic E-state index is 0.0189. The van der Waals surface area contributed by atoms with E-state index >= 15 is 0 Å². The van der Waals surface area contributed by atoms with E-state index in [4.69, 9.17) is 9.72 Å². The van der Waals surface area contributed by atoms with Crippen molar-refractivity contribution in [1.82, 2.24) is 14.9 Å². The predicted molar refractivity (Wildman–Crippen MR) is 90.3 cm³/mol. The quantitative estimate of drug-likeness (QED) is 0.824. The number of pyridine rings is 1. The highest BCUT2D eigenvalue weighted by atomic mass is 32.1. The number of carbonyl (C=O) groups is 1. The molecule has 0 bridgehead atoms.